The van der Waals surface area contributed by atoms with Gasteiger partial charge in [0.15, 0.2) is 4.90 Å². The fraction of sp³-hybridized carbons (Fsp3) is 0. The highest BCUT2D eigenvalue weighted by Crippen LogP contribution is 2.14. The molecule has 0 aliphatic carbocycles. The van der Waals surface area contributed by atoms with Crippen molar-refractivity contribution in [1.29, 1.82) is 0 Å². The van der Waals surface area contributed by atoms with Crippen molar-refractivity contribution in [3.05, 3.63) is 30.3 Å². The number of benzene rings is 1. The van der Waals surface area contributed by atoms with Crippen molar-refractivity contribution >= 4 is 19.2 Å². The summed E-state index contributed by atoms with van der Waals surface area (Å²) in [5, 5.41) is 0. The smallest absolute Gasteiger partial charge is 0.154 e. The van der Waals surface area contributed by atoms with Gasteiger partial charge in [0.2, 0.25) is 0 Å². The molecule has 0 aliphatic heterocycles. The molecule has 1 nitrogen and oxygen atoms in total. The average Bonchev–Trinajstić information content (AvgIpc) is 1.90. The first-order valence-corrected chi connectivity index (χ1v) is 5.14. The quantitative estimate of drug-likeness (QED) is 0.449. The molecule has 1 aromatic carbocycles. The molecule has 0 spiro atoms. The molecule has 0 fully saturated rings. The third-order valence-corrected chi connectivity index (χ3v) is 2.53. The zero-order chi connectivity index (χ0) is 6.69. The van der Waals surface area contributed by atoms with Crippen molar-refractivity contribution in [2.24, 2.45) is 0 Å². The SMILES string of the molecule is [O-][S+](P)c1ccccc1. The van der Waals surface area contributed by atoms with Gasteiger partial charge in [0.05, 0.1) is 8.44 Å². The third-order valence-electron chi connectivity index (χ3n) is 0.976. The minimum Gasteiger partial charge on any atom is -0.610 e. The van der Waals surface area contributed by atoms with Crippen molar-refractivity contribution in [2.45, 2.75) is 4.90 Å². The average molecular weight is 158 g/mol. The summed E-state index contributed by atoms with van der Waals surface area (Å²) in [6, 6.07) is 9.32. The Bertz CT molecular complexity index is 176. The van der Waals surface area contributed by atoms with Crippen molar-refractivity contribution in [3.8, 4) is 0 Å². The fourth-order valence-corrected chi connectivity index (χ4v) is 1.45. The first-order valence-electron chi connectivity index (χ1n) is 2.52. The molecule has 3 heteroatoms. The van der Waals surface area contributed by atoms with E-state index >= 15 is 0 Å². The van der Waals surface area contributed by atoms with Gasteiger partial charge in [0.25, 0.3) is 0 Å². The lowest BCUT2D eigenvalue weighted by atomic mass is 10.4. The summed E-state index contributed by atoms with van der Waals surface area (Å²) in [7, 11) is 1.33. The Hall–Kier alpha value is -0.0400. The van der Waals surface area contributed by atoms with Gasteiger partial charge < -0.3 is 4.55 Å². The Morgan fingerprint density at radius 3 is 2.11 bits per heavy atom. The van der Waals surface area contributed by atoms with E-state index in [2.05, 4.69) is 8.44 Å². The summed E-state index contributed by atoms with van der Waals surface area (Å²) in [4.78, 5) is 0.850. The van der Waals surface area contributed by atoms with Crippen LogP contribution in [0.4, 0.5) is 0 Å². The van der Waals surface area contributed by atoms with E-state index in [1.54, 1.807) is 0 Å². The van der Waals surface area contributed by atoms with Gasteiger partial charge in [-0.25, -0.2) is 0 Å². The molecule has 0 saturated carbocycles. The second kappa shape index (κ2) is 3.21. The zero-order valence-corrected chi connectivity index (χ0v) is 6.75. The molecule has 1 rings (SSSR count). The standard InChI is InChI=1S/C6H7OPS/c7-9(8)6-4-2-1-3-5-6/h1-5H,8H2. The van der Waals surface area contributed by atoms with Gasteiger partial charge in [0.1, 0.15) is 0 Å². The van der Waals surface area contributed by atoms with Crippen LogP contribution in [0.1, 0.15) is 0 Å². The van der Waals surface area contributed by atoms with Gasteiger partial charge >= 0.3 is 0 Å². The molecule has 48 valence electrons. The molecule has 0 aromatic heterocycles. The van der Waals surface area contributed by atoms with Gasteiger partial charge in [-0.3, -0.25) is 0 Å². The second-order valence-corrected chi connectivity index (χ2v) is 3.96. The van der Waals surface area contributed by atoms with Crippen molar-refractivity contribution in [2.75, 3.05) is 0 Å². The molecule has 0 saturated heterocycles. The molecule has 0 bridgehead atoms. The predicted molar refractivity (Wildman–Crippen MR) is 42.6 cm³/mol. The maximum Gasteiger partial charge on any atom is 0.154 e. The van der Waals surface area contributed by atoms with E-state index in [4.69, 9.17) is 0 Å². The Labute approximate surface area is 59.6 Å². The Morgan fingerprint density at radius 2 is 1.78 bits per heavy atom. The van der Waals surface area contributed by atoms with Crippen molar-refractivity contribution in [1.82, 2.24) is 0 Å². The highest BCUT2D eigenvalue weighted by molar-refractivity contribution is 8.37. The van der Waals surface area contributed by atoms with Crippen molar-refractivity contribution < 1.29 is 4.55 Å². The molecule has 0 N–H and O–H groups in total. The highest BCUT2D eigenvalue weighted by atomic mass is 32.7. The first-order chi connectivity index (χ1) is 4.30. The molecule has 9 heavy (non-hydrogen) atoms. The Morgan fingerprint density at radius 1 is 1.22 bits per heavy atom. The van der Waals surface area contributed by atoms with E-state index in [9.17, 15) is 4.55 Å². The number of hydrogen-bond donors (Lipinski definition) is 0. The van der Waals surface area contributed by atoms with E-state index in [1.165, 1.54) is 0 Å². The van der Waals surface area contributed by atoms with Gasteiger partial charge in [-0.2, -0.15) is 0 Å². The summed E-state index contributed by atoms with van der Waals surface area (Å²) >= 11 is 0. The topological polar surface area (TPSA) is 23.1 Å². The van der Waals surface area contributed by atoms with Crippen LogP contribution in [0, 0.1) is 0 Å². The molecular weight excluding hydrogens is 151 g/mol. The van der Waals surface area contributed by atoms with E-state index in [-0.39, 0.29) is 0 Å². The van der Waals surface area contributed by atoms with Crippen LogP contribution in [-0.4, -0.2) is 4.55 Å². The zero-order valence-electron chi connectivity index (χ0n) is 4.78. The van der Waals surface area contributed by atoms with Crippen LogP contribution >= 0.6 is 8.44 Å². The fourth-order valence-electron chi connectivity index (χ4n) is 0.555. The van der Waals surface area contributed by atoms with Gasteiger partial charge in [-0.05, 0) is 22.9 Å². The molecule has 0 radical (unpaired) electrons. The number of rotatable bonds is 1. The normalized spacial score (nSPS) is 13.1. The maximum atomic E-state index is 10.7. The summed E-state index contributed by atoms with van der Waals surface area (Å²) < 4.78 is 10.7. The first kappa shape index (κ1) is 7.07. The Balaban J connectivity index is 2.85. The lowest BCUT2D eigenvalue weighted by Crippen LogP contribution is -1.86. The van der Waals surface area contributed by atoms with E-state index in [0.29, 0.717) is 0 Å². The monoisotopic (exact) mass is 158 g/mol. The molecule has 0 amide bonds. The maximum absolute atomic E-state index is 10.7. The van der Waals surface area contributed by atoms with Crippen LogP contribution in [0.15, 0.2) is 35.2 Å². The van der Waals surface area contributed by atoms with Crippen LogP contribution < -0.4 is 0 Å². The van der Waals surface area contributed by atoms with E-state index < -0.39 is 10.8 Å². The summed E-state index contributed by atoms with van der Waals surface area (Å²) in [5.41, 5.74) is 0. The third kappa shape index (κ3) is 1.98. The van der Waals surface area contributed by atoms with Crippen LogP contribution in [0.25, 0.3) is 0 Å². The predicted octanol–water partition coefficient (Wildman–Crippen LogP) is 1.58. The molecule has 1 aromatic rings. The Kier molecular flexibility index (Phi) is 2.52. The van der Waals surface area contributed by atoms with Crippen molar-refractivity contribution in [3.63, 3.8) is 0 Å². The minimum atomic E-state index is -0.912. The lowest BCUT2D eigenvalue weighted by Gasteiger charge is -2.00. The molecule has 2 unspecified atom stereocenters. The largest absolute Gasteiger partial charge is 0.610 e. The lowest BCUT2D eigenvalue weighted by molar-refractivity contribution is 0.609. The second-order valence-electron chi connectivity index (χ2n) is 1.61. The molecular formula is C6H7OPS. The summed E-state index contributed by atoms with van der Waals surface area (Å²) in [6.07, 6.45) is 0. The van der Waals surface area contributed by atoms with Crippen LogP contribution in [0.5, 0.6) is 0 Å². The minimum absolute atomic E-state index is 0.850. The van der Waals surface area contributed by atoms with Gasteiger partial charge in [-0.15, -0.1) is 0 Å². The van der Waals surface area contributed by atoms with Crippen LogP contribution in [0.2, 0.25) is 0 Å². The summed E-state index contributed by atoms with van der Waals surface area (Å²) in [5.74, 6) is 0. The summed E-state index contributed by atoms with van der Waals surface area (Å²) in [6.45, 7) is 0. The number of hydrogen-bond acceptors (Lipinski definition) is 1. The van der Waals surface area contributed by atoms with Crippen LogP contribution in [-0.2, 0) is 10.8 Å². The molecule has 2 atom stereocenters. The van der Waals surface area contributed by atoms with Gasteiger partial charge in [-0.1, -0.05) is 18.2 Å². The van der Waals surface area contributed by atoms with E-state index in [1.807, 2.05) is 30.3 Å². The highest BCUT2D eigenvalue weighted by Gasteiger charge is 1.98. The molecule has 0 heterocycles. The van der Waals surface area contributed by atoms with Gasteiger partial charge in [0, 0.05) is 0 Å². The van der Waals surface area contributed by atoms with E-state index in [0.717, 1.165) is 4.90 Å². The van der Waals surface area contributed by atoms with Crippen LogP contribution in [0.3, 0.4) is 0 Å². The molecule has 0 aliphatic rings.